The molecule has 7 heteroatoms. The standard InChI is InChI=1S/C27H26FN3O3/c1-17(32)30-24-9-8-19(13-23(24)28)22-7-3-6-21(26(22)34)18-4-2-5-20(12-18)31-16-27(14-25(31)33)10-11-29-15-27/h2-9,12-13,29,34H,10-11,14-16H2,1H3,(H,30,32). The summed E-state index contributed by atoms with van der Waals surface area (Å²) < 4.78 is 14.5. The maximum absolute atomic E-state index is 14.5. The highest BCUT2D eigenvalue weighted by Crippen LogP contribution is 2.42. The Bertz CT molecular complexity index is 1280. The molecule has 5 rings (SSSR count). The zero-order valence-corrected chi connectivity index (χ0v) is 18.9. The third kappa shape index (κ3) is 4.03. The second-order valence-electron chi connectivity index (χ2n) is 9.21. The molecule has 2 aliphatic heterocycles. The number of halogens is 1. The van der Waals surface area contributed by atoms with E-state index in [1.165, 1.54) is 19.1 Å². The first-order chi connectivity index (χ1) is 16.3. The molecule has 174 valence electrons. The maximum atomic E-state index is 14.5. The molecule has 0 radical (unpaired) electrons. The third-order valence-corrected chi connectivity index (χ3v) is 6.75. The summed E-state index contributed by atoms with van der Waals surface area (Å²) in [6.07, 6.45) is 1.54. The monoisotopic (exact) mass is 459 g/mol. The van der Waals surface area contributed by atoms with Crippen LogP contribution in [0.15, 0.2) is 60.7 Å². The van der Waals surface area contributed by atoms with Crippen LogP contribution in [0.1, 0.15) is 19.8 Å². The summed E-state index contributed by atoms with van der Waals surface area (Å²) in [6.45, 7) is 3.80. The minimum absolute atomic E-state index is 0.00260. The number of rotatable bonds is 4. The highest BCUT2D eigenvalue weighted by atomic mass is 19.1. The molecule has 2 fully saturated rings. The molecule has 3 aromatic carbocycles. The van der Waals surface area contributed by atoms with Gasteiger partial charge in [-0.25, -0.2) is 4.39 Å². The predicted octanol–water partition coefficient (Wildman–Crippen LogP) is 4.54. The van der Waals surface area contributed by atoms with Gasteiger partial charge in [0.25, 0.3) is 0 Å². The summed E-state index contributed by atoms with van der Waals surface area (Å²) in [5.74, 6) is -0.797. The lowest BCUT2D eigenvalue weighted by Crippen LogP contribution is -2.29. The molecule has 2 amide bonds. The van der Waals surface area contributed by atoms with Crippen molar-refractivity contribution >= 4 is 23.2 Å². The van der Waals surface area contributed by atoms with E-state index in [2.05, 4.69) is 10.6 Å². The van der Waals surface area contributed by atoms with Crippen molar-refractivity contribution in [2.75, 3.05) is 29.9 Å². The van der Waals surface area contributed by atoms with Gasteiger partial charge < -0.3 is 20.6 Å². The number of carbonyl (C=O) groups is 2. The number of phenolic OH excluding ortho intramolecular Hbond substituents is 1. The van der Waals surface area contributed by atoms with E-state index >= 15 is 0 Å². The molecular weight excluding hydrogens is 433 g/mol. The molecule has 0 saturated carbocycles. The van der Waals surface area contributed by atoms with Crippen LogP contribution in [0.3, 0.4) is 0 Å². The van der Waals surface area contributed by atoms with Gasteiger partial charge in [0.1, 0.15) is 11.6 Å². The number of phenols is 1. The minimum atomic E-state index is -0.581. The second kappa shape index (κ2) is 8.57. The van der Waals surface area contributed by atoms with Crippen LogP contribution < -0.4 is 15.5 Å². The molecule has 0 aromatic heterocycles. The van der Waals surface area contributed by atoms with Gasteiger partial charge in [0.15, 0.2) is 0 Å². The van der Waals surface area contributed by atoms with E-state index in [1.807, 2.05) is 29.2 Å². The SMILES string of the molecule is CC(=O)Nc1ccc(-c2cccc(-c3cccc(N4CC5(CCNC5)CC4=O)c3)c2O)cc1F. The van der Waals surface area contributed by atoms with Crippen LogP contribution in [-0.4, -0.2) is 36.6 Å². The average molecular weight is 460 g/mol. The Labute approximate surface area is 197 Å². The van der Waals surface area contributed by atoms with Crippen LogP contribution in [0.5, 0.6) is 5.75 Å². The number of benzene rings is 3. The van der Waals surface area contributed by atoms with Crippen molar-refractivity contribution in [3.8, 4) is 28.0 Å². The molecule has 2 saturated heterocycles. The zero-order chi connectivity index (χ0) is 23.9. The van der Waals surface area contributed by atoms with Gasteiger partial charge in [-0.05, 0) is 48.4 Å². The maximum Gasteiger partial charge on any atom is 0.227 e. The molecule has 2 aliphatic rings. The van der Waals surface area contributed by atoms with Crippen molar-refractivity contribution in [2.24, 2.45) is 5.41 Å². The second-order valence-corrected chi connectivity index (χ2v) is 9.21. The third-order valence-electron chi connectivity index (χ3n) is 6.75. The fourth-order valence-electron chi connectivity index (χ4n) is 5.04. The van der Waals surface area contributed by atoms with Crippen LogP contribution in [0, 0.1) is 11.2 Å². The van der Waals surface area contributed by atoms with Crippen LogP contribution in [0.25, 0.3) is 22.3 Å². The van der Waals surface area contributed by atoms with Gasteiger partial charge in [0.05, 0.1) is 5.69 Å². The van der Waals surface area contributed by atoms with Crippen molar-refractivity contribution in [2.45, 2.75) is 19.8 Å². The molecule has 1 unspecified atom stereocenters. The van der Waals surface area contributed by atoms with Crippen molar-refractivity contribution in [3.05, 3.63) is 66.5 Å². The molecule has 2 heterocycles. The zero-order valence-electron chi connectivity index (χ0n) is 18.9. The Kier molecular flexibility index (Phi) is 5.57. The molecule has 1 atom stereocenters. The smallest absolute Gasteiger partial charge is 0.227 e. The number of carbonyl (C=O) groups excluding carboxylic acids is 2. The van der Waals surface area contributed by atoms with Gasteiger partial charge in [-0.3, -0.25) is 9.59 Å². The first-order valence-corrected chi connectivity index (χ1v) is 11.4. The summed E-state index contributed by atoms with van der Waals surface area (Å²) in [5.41, 5.74) is 3.23. The fraction of sp³-hybridized carbons (Fsp3) is 0.259. The van der Waals surface area contributed by atoms with E-state index in [4.69, 9.17) is 0 Å². The molecule has 6 nitrogen and oxygen atoms in total. The van der Waals surface area contributed by atoms with Crippen LogP contribution in [0.4, 0.5) is 15.8 Å². The van der Waals surface area contributed by atoms with Crippen molar-refractivity contribution in [1.29, 1.82) is 0 Å². The molecule has 0 aliphatic carbocycles. The largest absolute Gasteiger partial charge is 0.507 e. The lowest BCUT2D eigenvalue weighted by molar-refractivity contribution is -0.117. The number of hydrogen-bond donors (Lipinski definition) is 3. The normalized spacial score (nSPS) is 19.7. The molecule has 1 spiro atoms. The Morgan fingerprint density at radius 3 is 2.50 bits per heavy atom. The Balaban J connectivity index is 1.47. The quantitative estimate of drug-likeness (QED) is 0.535. The van der Waals surface area contributed by atoms with Gasteiger partial charge in [-0.1, -0.05) is 36.4 Å². The van der Waals surface area contributed by atoms with E-state index in [0.29, 0.717) is 29.7 Å². The van der Waals surface area contributed by atoms with Crippen LogP contribution >= 0.6 is 0 Å². The van der Waals surface area contributed by atoms with Crippen LogP contribution in [-0.2, 0) is 9.59 Å². The number of aromatic hydroxyl groups is 1. The first-order valence-electron chi connectivity index (χ1n) is 11.4. The van der Waals surface area contributed by atoms with E-state index in [-0.39, 0.29) is 28.7 Å². The van der Waals surface area contributed by atoms with Gasteiger partial charge in [-0.2, -0.15) is 0 Å². The number of nitrogens with one attached hydrogen (secondary N) is 2. The fourth-order valence-corrected chi connectivity index (χ4v) is 5.04. The molecule has 0 bridgehead atoms. The lowest BCUT2D eigenvalue weighted by Gasteiger charge is -2.23. The van der Waals surface area contributed by atoms with E-state index < -0.39 is 5.82 Å². The molecule has 34 heavy (non-hydrogen) atoms. The Hall–Kier alpha value is -3.71. The summed E-state index contributed by atoms with van der Waals surface area (Å²) >= 11 is 0. The van der Waals surface area contributed by atoms with Gasteiger partial charge in [-0.15, -0.1) is 0 Å². The topological polar surface area (TPSA) is 81.7 Å². The number of hydrogen-bond acceptors (Lipinski definition) is 4. The number of nitrogens with zero attached hydrogens (tertiary/aromatic N) is 1. The number of anilines is 2. The van der Waals surface area contributed by atoms with E-state index in [9.17, 15) is 19.1 Å². The minimum Gasteiger partial charge on any atom is -0.507 e. The first kappa shape index (κ1) is 22.1. The summed E-state index contributed by atoms with van der Waals surface area (Å²) in [5, 5.41) is 16.9. The van der Waals surface area contributed by atoms with E-state index in [0.717, 1.165) is 30.8 Å². The van der Waals surface area contributed by atoms with Crippen molar-refractivity contribution in [3.63, 3.8) is 0 Å². The summed E-state index contributed by atoms with van der Waals surface area (Å²) in [6, 6.07) is 17.3. The summed E-state index contributed by atoms with van der Waals surface area (Å²) in [4.78, 5) is 25.9. The average Bonchev–Trinajstić information content (AvgIpc) is 3.40. The van der Waals surface area contributed by atoms with Crippen LogP contribution in [0.2, 0.25) is 0 Å². The Morgan fingerprint density at radius 2 is 1.82 bits per heavy atom. The Morgan fingerprint density at radius 1 is 1.09 bits per heavy atom. The van der Waals surface area contributed by atoms with Crippen molar-refractivity contribution < 1.29 is 19.1 Å². The number of para-hydroxylation sites is 1. The van der Waals surface area contributed by atoms with Gasteiger partial charge in [0, 0.05) is 48.7 Å². The lowest BCUT2D eigenvalue weighted by atomic mass is 9.86. The molecule has 3 N–H and O–H groups in total. The molecular formula is C27H26FN3O3. The van der Waals surface area contributed by atoms with Gasteiger partial charge in [0.2, 0.25) is 11.8 Å². The molecule has 3 aromatic rings. The van der Waals surface area contributed by atoms with E-state index in [1.54, 1.807) is 24.3 Å². The summed E-state index contributed by atoms with van der Waals surface area (Å²) in [7, 11) is 0. The number of amides is 2. The highest BCUT2D eigenvalue weighted by molar-refractivity contribution is 5.97. The van der Waals surface area contributed by atoms with Gasteiger partial charge >= 0.3 is 0 Å². The highest BCUT2D eigenvalue weighted by Gasteiger charge is 2.45. The predicted molar refractivity (Wildman–Crippen MR) is 130 cm³/mol. The van der Waals surface area contributed by atoms with Crippen molar-refractivity contribution in [1.82, 2.24) is 5.32 Å².